The second kappa shape index (κ2) is 9.12. The van der Waals surface area contributed by atoms with Crippen molar-refractivity contribution in [3.05, 3.63) is 62.5 Å². The van der Waals surface area contributed by atoms with Gasteiger partial charge in [0.2, 0.25) is 0 Å². The molecule has 1 fully saturated rings. The van der Waals surface area contributed by atoms with Crippen LogP contribution in [-0.2, 0) is 19.4 Å². The molecule has 1 aromatic carbocycles. The van der Waals surface area contributed by atoms with Crippen LogP contribution < -0.4 is 15.8 Å². The minimum absolute atomic E-state index is 0.0448. The molecule has 2 aliphatic heterocycles. The van der Waals surface area contributed by atoms with Crippen molar-refractivity contribution in [3.8, 4) is 0 Å². The number of pyridine rings is 2. The number of nitrogens with one attached hydrogen (secondary N) is 2. The number of aromatic nitrogens is 2. The van der Waals surface area contributed by atoms with Gasteiger partial charge in [-0.2, -0.15) is 0 Å². The predicted octanol–water partition coefficient (Wildman–Crippen LogP) is 4.21. The van der Waals surface area contributed by atoms with E-state index in [1.54, 1.807) is 6.20 Å². The minimum Gasteiger partial charge on any atom is -0.384 e. The average Bonchev–Trinajstić information content (AvgIpc) is 2.81. The Morgan fingerprint density at radius 2 is 2.00 bits per heavy atom. The van der Waals surface area contributed by atoms with Crippen LogP contribution in [0.2, 0.25) is 5.02 Å². The number of aromatic amines is 1. The van der Waals surface area contributed by atoms with Crippen LogP contribution in [0.15, 0.2) is 35.3 Å². The molecule has 1 saturated heterocycles. The molecule has 32 heavy (non-hydrogen) atoms. The molecular formula is C25H30ClN5O. The number of H-pyrrole nitrogens is 1. The first-order valence-electron chi connectivity index (χ1n) is 11.7. The van der Waals surface area contributed by atoms with E-state index in [0.717, 1.165) is 97.9 Å². The summed E-state index contributed by atoms with van der Waals surface area (Å²) in [5, 5.41) is 5.31. The summed E-state index contributed by atoms with van der Waals surface area (Å²) in [6.45, 7) is 7.83. The lowest BCUT2D eigenvalue weighted by atomic mass is 10.0. The van der Waals surface area contributed by atoms with Crippen molar-refractivity contribution in [2.24, 2.45) is 0 Å². The molecule has 0 spiro atoms. The summed E-state index contributed by atoms with van der Waals surface area (Å²) < 4.78 is 0. The van der Waals surface area contributed by atoms with Gasteiger partial charge < -0.3 is 15.2 Å². The first kappa shape index (κ1) is 21.3. The van der Waals surface area contributed by atoms with Crippen molar-refractivity contribution in [2.45, 2.75) is 39.2 Å². The second-order valence-electron chi connectivity index (χ2n) is 8.87. The highest BCUT2D eigenvalue weighted by Crippen LogP contribution is 2.28. The lowest BCUT2D eigenvalue weighted by Gasteiger charge is -2.35. The smallest absolute Gasteiger partial charge is 0.253 e. The van der Waals surface area contributed by atoms with Crippen LogP contribution >= 0.6 is 11.6 Å². The van der Waals surface area contributed by atoms with Crippen LogP contribution in [0.1, 0.15) is 36.5 Å². The Bertz CT molecular complexity index is 1180. The van der Waals surface area contributed by atoms with E-state index in [0.29, 0.717) is 0 Å². The van der Waals surface area contributed by atoms with Gasteiger partial charge in [0.25, 0.3) is 5.56 Å². The predicted molar refractivity (Wildman–Crippen MR) is 132 cm³/mol. The Morgan fingerprint density at radius 1 is 1.16 bits per heavy atom. The fourth-order valence-corrected chi connectivity index (χ4v) is 5.10. The van der Waals surface area contributed by atoms with Crippen LogP contribution in [0.4, 0.5) is 11.5 Å². The Kier molecular flexibility index (Phi) is 6.07. The molecule has 7 heteroatoms. The summed E-state index contributed by atoms with van der Waals surface area (Å²) in [6, 6.07) is 8.63. The maximum Gasteiger partial charge on any atom is 0.253 e. The van der Waals surface area contributed by atoms with Gasteiger partial charge >= 0.3 is 0 Å². The summed E-state index contributed by atoms with van der Waals surface area (Å²) in [5.41, 5.74) is 5.30. The van der Waals surface area contributed by atoms with Crippen LogP contribution in [0.5, 0.6) is 0 Å². The number of piperazine rings is 1. The van der Waals surface area contributed by atoms with Gasteiger partial charge in [-0.25, -0.2) is 4.98 Å². The first-order valence-corrected chi connectivity index (χ1v) is 12.0. The van der Waals surface area contributed by atoms with E-state index in [2.05, 4.69) is 56.3 Å². The molecule has 0 amide bonds. The monoisotopic (exact) mass is 451 g/mol. The molecule has 2 aliphatic rings. The molecule has 0 bridgehead atoms. The zero-order valence-electron chi connectivity index (χ0n) is 18.6. The second-order valence-corrected chi connectivity index (χ2v) is 9.27. The summed E-state index contributed by atoms with van der Waals surface area (Å²) in [5.74, 6) is 1.03. The fourth-order valence-electron chi connectivity index (χ4n) is 4.90. The molecule has 2 aromatic heterocycles. The standard InChI is InChI=1S/C25H30ClN5O/c1-2-4-18-14-23(28-15-21(18)26)31-11-9-30(10-12-31)16-17-6-7-19-22(13-17)29-25(32)20-5-3-8-27-24(19)20/h6-7,13-15,27H,2-5,8-12,16H2,1H3,(H,29,32). The average molecular weight is 452 g/mol. The highest BCUT2D eigenvalue weighted by Gasteiger charge is 2.20. The number of nitrogens with zero attached hydrogens (tertiary/aromatic N) is 3. The van der Waals surface area contributed by atoms with E-state index in [9.17, 15) is 4.79 Å². The molecular weight excluding hydrogens is 422 g/mol. The number of hydrogen-bond acceptors (Lipinski definition) is 5. The summed E-state index contributed by atoms with van der Waals surface area (Å²) in [7, 11) is 0. The van der Waals surface area contributed by atoms with E-state index in [1.165, 1.54) is 11.1 Å². The maximum absolute atomic E-state index is 12.5. The van der Waals surface area contributed by atoms with Gasteiger partial charge in [-0.1, -0.05) is 37.1 Å². The lowest BCUT2D eigenvalue weighted by Crippen LogP contribution is -2.46. The SMILES string of the molecule is CCCc1cc(N2CCN(Cc3ccc4c5c(c(=O)[nH]c4c3)CCCN5)CC2)ncc1Cl. The van der Waals surface area contributed by atoms with E-state index in [4.69, 9.17) is 11.6 Å². The zero-order chi connectivity index (χ0) is 22.1. The van der Waals surface area contributed by atoms with Crippen molar-refractivity contribution < 1.29 is 0 Å². The Hall–Kier alpha value is -2.57. The van der Waals surface area contributed by atoms with Crippen molar-refractivity contribution >= 4 is 34.0 Å². The van der Waals surface area contributed by atoms with Gasteiger partial charge in [0.15, 0.2) is 0 Å². The molecule has 0 unspecified atom stereocenters. The Labute approximate surface area is 193 Å². The molecule has 6 nitrogen and oxygen atoms in total. The molecule has 0 radical (unpaired) electrons. The minimum atomic E-state index is 0.0448. The van der Waals surface area contributed by atoms with Gasteiger partial charge in [-0.3, -0.25) is 9.69 Å². The highest BCUT2D eigenvalue weighted by molar-refractivity contribution is 6.31. The third kappa shape index (κ3) is 4.21. The molecule has 3 aromatic rings. The van der Waals surface area contributed by atoms with Gasteiger partial charge in [-0.15, -0.1) is 0 Å². The summed E-state index contributed by atoms with van der Waals surface area (Å²) >= 11 is 6.30. The number of hydrogen-bond donors (Lipinski definition) is 2. The molecule has 4 heterocycles. The van der Waals surface area contributed by atoms with Crippen molar-refractivity contribution in [2.75, 3.05) is 42.9 Å². The molecule has 0 atom stereocenters. The quantitative estimate of drug-likeness (QED) is 0.608. The van der Waals surface area contributed by atoms with E-state index in [1.807, 2.05) is 0 Å². The van der Waals surface area contributed by atoms with Crippen LogP contribution in [0.25, 0.3) is 10.9 Å². The van der Waals surface area contributed by atoms with Crippen molar-refractivity contribution in [1.29, 1.82) is 0 Å². The number of benzene rings is 1. The van der Waals surface area contributed by atoms with Crippen LogP contribution in [0, 0.1) is 0 Å². The number of anilines is 2. The van der Waals surface area contributed by atoms with Gasteiger partial charge in [0, 0.05) is 56.4 Å². The molecule has 2 N–H and O–H groups in total. The Balaban J connectivity index is 1.27. The Morgan fingerprint density at radius 3 is 2.81 bits per heavy atom. The van der Waals surface area contributed by atoms with Crippen LogP contribution in [-0.4, -0.2) is 47.6 Å². The normalized spacial score (nSPS) is 16.8. The first-order chi connectivity index (χ1) is 15.6. The third-order valence-electron chi connectivity index (χ3n) is 6.62. The van der Waals surface area contributed by atoms with E-state index < -0.39 is 0 Å². The summed E-state index contributed by atoms with van der Waals surface area (Å²) in [4.78, 5) is 25.0. The zero-order valence-corrected chi connectivity index (χ0v) is 19.3. The molecule has 168 valence electrons. The number of fused-ring (bicyclic) bond motifs is 3. The molecule has 0 aliphatic carbocycles. The number of aryl methyl sites for hydroxylation is 1. The van der Waals surface area contributed by atoms with Crippen LogP contribution in [0.3, 0.4) is 0 Å². The largest absolute Gasteiger partial charge is 0.384 e. The topological polar surface area (TPSA) is 64.3 Å². The van der Waals surface area contributed by atoms with Gasteiger partial charge in [0.05, 0.1) is 16.2 Å². The molecule has 5 rings (SSSR count). The van der Waals surface area contributed by atoms with E-state index >= 15 is 0 Å². The van der Waals surface area contributed by atoms with Gasteiger partial charge in [0.1, 0.15) is 5.82 Å². The number of rotatable bonds is 5. The van der Waals surface area contributed by atoms with Gasteiger partial charge in [-0.05, 0) is 42.5 Å². The number of halogens is 1. The highest BCUT2D eigenvalue weighted by atomic mass is 35.5. The maximum atomic E-state index is 12.5. The molecule has 0 saturated carbocycles. The summed E-state index contributed by atoms with van der Waals surface area (Å²) in [6.07, 6.45) is 5.71. The van der Waals surface area contributed by atoms with E-state index in [-0.39, 0.29) is 5.56 Å². The van der Waals surface area contributed by atoms with Crippen molar-refractivity contribution in [3.63, 3.8) is 0 Å². The lowest BCUT2D eigenvalue weighted by molar-refractivity contribution is 0.249. The fraction of sp³-hybridized carbons (Fsp3) is 0.440. The third-order valence-corrected chi connectivity index (χ3v) is 6.97. The van der Waals surface area contributed by atoms with Crippen molar-refractivity contribution in [1.82, 2.24) is 14.9 Å².